The maximum atomic E-state index is 12.7. The Morgan fingerprint density at radius 2 is 1.81 bits per heavy atom. The molecule has 2 aromatic carbocycles. The van der Waals surface area contributed by atoms with Gasteiger partial charge in [-0.15, -0.1) is 0 Å². The fourth-order valence-corrected chi connectivity index (χ4v) is 3.44. The molecule has 1 aromatic heterocycles. The van der Waals surface area contributed by atoms with Crippen LogP contribution < -0.4 is 15.0 Å². The Labute approximate surface area is 158 Å². The summed E-state index contributed by atoms with van der Waals surface area (Å²) in [6.07, 6.45) is 1.73. The third-order valence-electron chi connectivity index (χ3n) is 5.13. The first-order valence-corrected chi connectivity index (χ1v) is 9.14. The molecule has 1 saturated heterocycles. The number of carbonyl (C=O) groups is 1. The minimum atomic E-state index is -0.126. The minimum absolute atomic E-state index is 0.126. The standard InChI is InChI=1S/C21H24N4O2/c1-24-9-11-25(12-10-24)16-5-3-15(4-6-16)23-21(26)19-14-22-20-13-17(27-2)7-8-18(19)20/h3-8,13-14,22H,9-12H2,1-2H3,(H,23,26). The number of benzene rings is 2. The lowest BCUT2D eigenvalue weighted by Gasteiger charge is -2.34. The molecule has 0 atom stereocenters. The van der Waals surface area contributed by atoms with Crippen molar-refractivity contribution in [3.8, 4) is 5.75 Å². The van der Waals surface area contributed by atoms with E-state index in [2.05, 4.69) is 39.3 Å². The lowest BCUT2D eigenvalue weighted by molar-refractivity contribution is 0.102. The van der Waals surface area contributed by atoms with Gasteiger partial charge < -0.3 is 24.8 Å². The van der Waals surface area contributed by atoms with Crippen LogP contribution in [0.25, 0.3) is 10.9 Å². The Kier molecular flexibility index (Phi) is 4.73. The van der Waals surface area contributed by atoms with E-state index in [0.717, 1.165) is 48.5 Å². The highest BCUT2D eigenvalue weighted by Crippen LogP contribution is 2.25. The van der Waals surface area contributed by atoms with Gasteiger partial charge in [-0.2, -0.15) is 0 Å². The maximum Gasteiger partial charge on any atom is 0.257 e. The van der Waals surface area contributed by atoms with Crippen molar-refractivity contribution in [3.63, 3.8) is 0 Å². The topological polar surface area (TPSA) is 60.6 Å². The fourth-order valence-electron chi connectivity index (χ4n) is 3.44. The molecule has 140 valence electrons. The van der Waals surface area contributed by atoms with E-state index in [0.29, 0.717) is 5.56 Å². The van der Waals surface area contributed by atoms with Gasteiger partial charge in [-0.05, 0) is 43.4 Å². The van der Waals surface area contributed by atoms with Gasteiger partial charge in [0.15, 0.2) is 0 Å². The Morgan fingerprint density at radius 1 is 1.07 bits per heavy atom. The summed E-state index contributed by atoms with van der Waals surface area (Å²) in [4.78, 5) is 20.5. The molecule has 2 N–H and O–H groups in total. The molecule has 1 fully saturated rings. The number of fused-ring (bicyclic) bond motifs is 1. The van der Waals surface area contributed by atoms with Crippen molar-refractivity contribution in [2.45, 2.75) is 0 Å². The van der Waals surface area contributed by atoms with Gasteiger partial charge in [0.05, 0.1) is 12.7 Å². The highest BCUT2D eigenvalue weighted by molar-refractivity contribution is 6.12. The zero-order chi connectivity index (χ0) is 18.8. The first-order chi connectivity index (χ1) is 13.1. The number of methoxy groups -OCH3 is 1. The number of amides is 1. The fraction of sp³-hybridized carbons (Fsp3) is 0.286. The molecule has 1 aliphatic heterocycles. The monoisotopic (exact) mass is 364 g/mol. The normalized spacial score (nSPS) is 15.1. The predicted molar refractivity (Wildman–Crippen MR) is 109 cm³/mol. The number of carbonyl (C=O) groups excluding carboxylic acids is 1. The average molecular weight is 364 g/mol. The number of aromatic nitrogens is 1. The number of likely N-dealkylation sites (N-methyl/N-ethyl adjacent to an activating group) is 1. The van der Waals surface area contributed by atoms with E-state index in [1.807, 2.05) is 30.3 Å². The average Bonchev–Trinajstić information content (AvgIpc) is 3.12. The smallest absolute Gasteiger partial charge is 0.257 e. The molecule has 0 unspecified atom stereocenters. The van der Waals surface area contributed by atoms with E-state index in [4.69, 9.17) is 4.74 Å². The van der Waals surface area contributed by atoms with Crippen molar-refractivity contribution in [3.05, 3.63) is 54.2 Å². The summed E-state index contributed by atoms with van der Waals surface area (Å²) in [6, 6.07) is 13.7. The van der Waals surface area contributed by atoms with E-state index in [-0.39, 0.29) is 5.91 Å². The molecule has 0 aliphatic carbocycles. The summed E-state index contributed by atoms with van der Waals surface area (Å²) >= 11 is 0. The van der Waals surface area contributed by atoms with Gasteiger partial charge in [0, 0.05) is 60.7 Å². The molecular weight excluding hydrogens is 340 g/mol. The van der Waals surface area contributed by atoms with Crippen LogP contribution in [0.4, 0.5) is 11.4 Å². The molecule has 4 rings (SSSR count). The van der Waals surface area contributed by atoms with Crippen molar-refractivity contribution < 1.29 is 9.53 Å². The molecule has 0 radical (unpaired) electrons. The van der Waals surface area contributed by atoms with Crippen LogP contribution in [0.1, 0.15) is 10.4 Å². The highest BCUT2D eigenvalue weighted by Gasteiger charge is 2.15. The number of hydrogen-bond donors (Lipinski definition) is 2. The lowest BCUT2D eigenvalue weighted by Crippen LogP contribution is -2.44. The second-order valence-electron chi connectivity index (χ2n) is 6.91. The number of hydrogen-bond acceptors (Lipinski definition) is 4. The van der Waals surface area contributed by atoms with Crippen LogP contribution in [0.2, 0.25) is 0 Å². The van der Waals surface area contributed by atoms with Crippen LogP contribution in [0, 0.1) is 0 Å². The van der Waals surface area contributed by atoms with E-state index in [1.54, 1.807) is 13.3 Å². The van der Waals surface area contributed by atoms with Gasteiger partial charge >= 0.3 is 0 Å². The van der Waals surface area contributed by atoms with Crippen molar-refractivity contribution in [1.29, 1.82) is 0 Å². The summed E-state index contributed by atoms with van der Waals surface area (Å²) in [7, 11) is 3.78. The molecule has 3 aromatic rings. The number of anilines is 2. The van der Waals surface area contributed by atoms with Crippen LogP contribution >= 0.6 is 0 Å². The first kappa shape index (κ1) is 17.4. The molecule has 6 nitrogen and oxygen atoms in total. The molecule has 0 saturated carbocycles. The van der Waals surface area contributed by atoms with Crippen LogP contribution in [0.3, 0.4) is 0 Å². The largest absolute Gasteiger partial charge is 0.497 e. The molecule has 0 bridgehead atoms. The van der Waals surface area contributed by atoms with Gasteiger partial charge in [-0.25, -0.2) is 0 Å². The number of piperazine rings is 1. The Balaban J connectivity index is 1.47. The quantitative estimate of drug-likeness (QED) is 0.746. The second kappa shape index (κ2) is 7.32. The SMILES string of the molecule is COc1ccc2c(C(=O)Nc3ccc(N4CCN(C)CC4)cc3)c[nH]c2c1. The van der Waals surface area contributed by atoms with Crippen LogP contribution in [-0.4, -0.2) is 56.1 Å². The number of aromatic amines is 1. The van der Waals surface area contributed by atoms with Gasteiger partial charge in [-0.3, -0.25) is 4.79 Å². The van der Waals surface area contributed by atoms with E-state index < -0.39 is 0 Å². The minimum Gasteiger partial charge on any atom is -0.497 e. The zero-order valence-electron chi connectivity index (χ0n) is 15.7. The Morgan fingerprint density at radius 3 is 2.52 bits per heavy atom. The number of ether oxygens (including phenoxy) is 1. The summed E-state index contributed by atoms with van der Waals surface area (Å²) in [5.74, 6) is 0.634. The van der Waals surface area contributed by atoms with E-state index in [1.165, 1.54) is 5.69 Å². The second-order valence-corrected chi connectivity index (χ2v) is 6.91. The number of rotatable bonds is 4. The first-order valence-electron chi connectivity index (χ1n) is 9.14. The summed E-state index contributed by atoms with van der Waals surface area (Å²) in [6.45, 7) is 4.20. The van der Waals surface area contributed by atoms with Gasteiger partial charge in [-0.1, -0.05) is 0 Å². The van der Waals surface area contributed by atoms with Gasteiger partial charge in [0.2, 0.25) is 0 Å². The van der Waals surface area contributed by atoms with Crippen LogP contribution in [0.15, 0.2) is 48.7 Å². The molecule has 2 heterocycles. The third-order valence-corrected chi connectivity index (χ3v) is 5.13. The summed E-state index contributed by atoms with van der Waals surface area (Å²) < 4.78 is 5.23. The Hall–Kier alpha value is -2.99. The molecule has 0 spiro atoms. The maximum absolute atomic E-state index is 12.7. The van der Waals surface area contributed by atoms with E-state index in [9.17, 15) is 4.79 Å². The molecular formula is C21H24N4O2. The third kappa shape index (κ3) is 3.61. The summed E-state index contributed by atoms with van der Waals surface area (Å²) in [5, 5.41) is 3.86. The molecule has 1 amide bonds. The van der Waals surface area contributed by atoms with Gasteiger partial charge in [0.1, 0.15) is 5.75 Å². The molecule has 1 aliphatic rings. The lowest BCUT2D eigenvalue weighted by atomic mass is 10.1. The number of nitrogens with one attached hydrogen (secondary N) is 2. The highest BCUT2D eigenvalue weighted by atomic mass is 16.5. The molecule has 27 heavy (non-hydrogen) atoms. The van der Waals surface area contributed by atoms with Crippen LogP contribution in [-0.2, 0) is 0 Å². The Bertz CT molecular complexity index is 940. The zero-order valence-corrected chi connectivity index (χ0v) is 15.7. The molecule has 6 heteroatoms. The summed E-state index contributed by atoms with van der Waals surface area (Å²) in [5.41, 5.74) is 3.49. The number of nitrogens with zero attached hydrogens (tertiary/aromatic N) is 2. The van der Waals surface area contributed by atoms with Crippen molar-refractivity contribution in [2.75, 3.05) is 50.6 Å². The van der Waals surface area contributed by atoms with E-state index >= 15 is 0 Å². The van der Waals surface area contributed by atoms with Crippen molar-refractivity contribution >= 4 is 28.2 Å². The number of H-pyrrole nitrogens is 1. The van der Waals surface area contributed by atoms with Crippen molar-refractivity contribution in [1.82, 2.24) is 9.88 Å². The van der Waals surface area contributed by atoms with Crippen LogP contribution in [0.5, 0.6) is 5.75 Å². The van der Waals surface area contributed by atoms with Gasteiger partial charge in [0.25, 0.3) is 5.91 Å². The predicted octanol–water partition coefficient (Wildman–Crippen LogP) is 3.18. The van der Waals surface area contributed by atoms with Crippen molar-refractivity contribution in [2.24, 2.45) is 0 Å².